The fourth-order valence-electron chi connectivity index (χ4n) is 1.43. The van der Waals surface area contributed by atoms with Crippen LogP contribution in [0, 0.1) is 0 Å². The largest absolute Gasteiger partial charge is 0.402 e. The zero-order chi connectivity index (χ0) is 11.4. The maximum absolute atomic E-state index is 11.5. The van der Waals surface area contributed by atoms with Crippen LogP contribution in [0.3, 0.4) is 0 Å². The second-order valence-electron chi connectivity index (χ2n) is 3.55. The van der Waals surface area contributed by atoms with Crippen molar-refractivity contribution in [2.45, 2.75) is 19.8 Å². The second kappa shape index (κ2) is 4.75. The molecule has 0 fully saturated rings. The molecule has 0 spiro atoms. The van der Waals surface area contributed by atoms with E-state index in [1.54, 1.807) is 0 Å². The summed E-state index contributed by atoms with van der Waals surface area (Å²) in [5, 5.41) is 0. The van der Waals surface area contributed by atoms with E-state index in [4.69, 9.17) is 4.74 Å². The summed E-state index contributed by atoms with van der Waals surface area (Å²) in [5.41, 5.74) is 1.25. The normalized spacial score (nSPS) is 17.4. The first-order chi connectivity index (χ1) is 7.81. The van der Waals surface area contributed by atoms with Crippen molar-refractivity contribution in [3.8, 4) is 0 Å². The summed E-state index contributed by atoms with van der Waals surface area (Å²) in [6.45, 7) is 2.05. The van der Waals surface area contributed by atoms with Gasteiger partial charge in [0.15, 0.2) is 0 Å². The first kappa shape index (κ1) is 10.6. The van der Waals surface area contributed by atoms with Crippen LogP contribution >= 0.6 is 0 Å². The van der Waals surface area contributed by atoms with Gasteiger partial charge in [-0.3, -0.25) is 0 Å². The SMILES string of the molecule is CCC/C=C1/N=C(c2ccccc2)OC1=O. The first-order valence-electron chi connectivity index (χ1n) is 5.37. The van der Waals surface area contributed by atoms with Gasteiger partial charge in [0.05, 0.1) is 0 Å². The standard InChI is InChI=1S/C13H13NO2/c1-2-3-9-11-13(15)16-12(14-11)10-7-5-4-6-8-10/h4-9H,2-3H2,1H3/b11-9+. The van der Waals surface area contributed by atoms with Crippen molar-refractivity contribution in [2.75, 3.05) is 0 Å². The molecule has 0 aliphatic carbocycles. The summed E-state index contributed by atoms with van der Waals surface area (Å²) in [5.74, 6) is 0.0419. The van der Waals surface area contributed by atoms with Crippen LogP contribution in [0.15, 0.2) is 47.1 Å². The lowest BCUT2D eigenvalue weighted by molar-refractivity contribution is -0.130. The molecule has 0 aromatic heterocycles. The van der Waals surface area contributed by atoms with E-state index in [9.17, 15) is 4.79 Å². The molecule has 1 aliphatic heterocycles. The smallest absolute Gasteiger partial charge is 0.363 e. The highest BCUT2D eigenvalue weighted by Gasteiger charge is 2.23. The minimum Gasteiger partial charge on any atom is -0.402 e. The summed E-state index contributed by atoms with van der Waals surface area (Å²) in [4.78, 5) is 15.6. The molecule has 3 nitrogen and oxygen atoms in total. The molecular weight excluding hydrogens is 202 g/mol. The Hall–Kier alpha value is -1.90. The van der Waals surface area contributed by atoms with Crippen molar-refractivity contribution in [2.24, 2.45) is 4.99 Å². The van der Waals surface area contributed by atoms with Crippen molar-refractivity contribution in [3.05, 3.63) is 47.7 Å². The molecule has 16 heavy (non-hydrogen) atoms. The van der Waals surface area contributed by atoms with Gasteiger partial charge in [0.2, 0.25) is 5.90 Å². The Balaban J connectivity index is 2.23. The Labute approximate surface area is 94.5 Å². The number of aliphatic imine (C=N–C) groups is 1. The molecule has 0 radical (unpaired) electrons. The van der Waals surface area contributed by atoms with E-state index in [0.717, 1.165) is 18.4 Å². The number of nitrogens with zero attached hydrogens (tertiary/aromatic N) is 1. The molecule has 0 amide bonds. The molecule has 0 N–H and O–H groups in total. The van der Waals surface area contributed by atoms with Gasteiger partial charge in [0.1, 0.15) is 5.70 Å². The zero-order valence-corrected chi connectivity index (χ0v) is 9.14. The van der Waals surface area contributed by atoms with E-state index >= 15 is 0 Å². The maximum atomic E-state index is 11.5. The lowest BCUT2D eigenvalue weighted by Crippen LogP contribution is -2.04. The number of carbonyl (C=O) groups excluding carboxylic acids is 1. The lowest BCUT2D eigenvalue weighted by Gasteiger charge is -1.97. The fraction of sp³-hybridized carbons (Fsp3) is 0.231. The molecule has 0 saturated heterocycles. The average Bonchev–Trinajstić information content (AvgIpc) is 2.69. The van der Waals surface area contributed by atoms with E-state index in [-0.39, 0.29) is 5.97 Å². The molecule has 1 aliphatic rings. The number of benzene rings is 1. The minimum atomic E-state index is -0.354. The highest BCUT2D eigenvalue weighted by atomic mass is 16.6. The van der Waals surface area contributed by atoms with Crippen LogP contribution in [-0.2, 0) is 9.53 Å². The summed E-state index contributed by atoms with van der Waals surface area (Å²) in [6, 6.07) is 9.43. The molecule has 1 aromatic rings. The van der Waals surface area contributed by atoms with Gasteiger partial charge in [-0.2, -0.15) is 0 Å². The Kier molecular flexibility index (Phi) is 3.15. The van der Waals surface area contributed by atoms with E-state index in [2.05, 4.69) is 11.9 Å². The van der Waals surface area contributed by atoms with Gasteiger partial charge in [-0.05, 0) is 18.6 Å². The van der Waals surface area contributed by atoms with E-state index in [0.29, 0.717) is 11.6 Å². The third kappa shape index (κ3) is 2.19. The third-order valence-electron chi connectivity index (χ3n) is 2.27. The predicted octanol–water partition coefficient (Wildman–Crippen LogP) is 2.67. The van der Waals surface area contributed by atoms with Crippen molar-refractivity contribution in [1.29, 1.82) is 0 Å². The van der Waals surface area contributed by atoms with E-state index in [1.807, 2.05) is 36.4 Å². The zero-order valence-electron chi connectivity index (χ0n) is 9.14. The van der Waals surface area contributed by atoms with Crippen LogP contribution in [0.2, 0.25) is 0 Å². The molecule has 1 heterocycles. The van der Waals surface area contributed by atoms with Crippen LogP contribution < -0.4 is 0 Å². The number of rotatable bonds is 3. The van der Waals surface area contributed by atoms with Crippen molar-refractivity contribution in [1.82, 2.24) is 0 Å². The number of allylic oxidation sites excluding steroid dienone is 1. The Morgan fingerprint density at radius 3 is 2.75 bits per heavy atom. The van der Waals surface area contributed by atoms with Gasteiger partial charge < -0.3 is 4.74 Å². The quantitative estimate of drug-likeness (QED) is 0.574. The molecule has 82 valence electrons. The van der Waals surface area contributed by atoms with Crippen LogP contribution in [0.4, 0.5) is 0 Å². The maximum Gasteiger partial charge on any atom is 0.363 e. The lowest BCUT2D eigenvalue weighted by atomic mass is 10.2. The van der Waals surface area contributed by atoms with E-state index < -0.39 is 0 Å². The molecule has 0 bridgehead atoms. The molecule has 1 aromatic carbocycles. The average molecular weight is 215 g/mol. The van der Waals surface area contributed by atoms with Crippen LogP contribution in [-0.4, -0.2) is 11.9 Å². The number of ether oxygens (including phenoxy) is 1. The molecular formula is C13H13NO2. The Bertz CT molecular complexity index is 446. The molecule has 0 atom stereocenters. The number of hydrogen-bond acceptors (Lipinski definition) is 3. The van der Waals surface area contributed by atoms with E-state index in [1.165, 1.54) is 0 Å². The van der Waals surface area contributed by atoms with Crippen molar-refractivity contribution in [3.63, 3.8) is 0 Å². The number of hydrogen-bond donors (Lipinski definition) is 0. The first-order valence-corrected chi connectivity index (χ1v) is 5.37. The second-order valence-corrected chi connectivity index (χ2v) is 3.55. The molecule has 2 rings (SSSR count). The molecule has 0 saturated carbocycles. The van der Waals surface area contributed by atoms with Crippen LogP contribution in [0.5, 0.6) is 0 Å². The fourth-order valence-corrected chi connectivity index (χ4v) is 1.43. The predicted molar refractivity (Wildman–Crippen MR) is 62.1 cm³/mol. The number of carbonyl (C=O) groups is 1. The van der Waals surface area contributed by atoms with Crippen LogP contribution in [0.1, 0.15) is 25.3 Å². The van der Waals surface area contributed by atoms with Gasteiger partial charge in [-0.1, -0.05) is 37.6 Å². The van der Waals surface area contributed by atoms with Gasteiger partial charge >= 0.3 is 5.97 Å². The van der Waals surface area contributed by atoms with Gasteiger partial charge in [0, 0.05) is 5.56 Å². The highest BCUT2D eigenvalue weighted by Crippen LogP contribution is 2.16. The Morgan fingerprint density at radius 1 is 1.31 bits per heavy atom. The summed E-state index contributed by atoms with van der Waals surface area (Å²) in [6.07, 6.45) is 3.65. The summed E-state index contributed by atoms with van der Waals surface area (Å²) < 4.78 is 5.10. The number of unbranched alkanes of at least 4 members (excludes halogenated alkanes) is 1. The molecule has 3 heteroatoms. The van der Waals surface area contributed by atoms with Gasteiger partial charge in [-0.15, -0.1) is 0 Å². The minimum absolute atomic E-state index is 0.354. The molecule has 0 unspecified atom stereocenters. The third-order valence-corrected chi connectivity index (χ3v) is 2.27. The summed E-state index contributed by atoms with van der Waals surface area (Å²) in [7, 11) is 0. The Morgan fingerprint density at radius 2 is 2.06 bits per heavy atom. The number of cyclic esters (lactones) is 1. The monoisotopic (exact) mass is 215 g/mol. The number of esters is 1. The van der Waals surface area contributed by atoms with Crippen molar-refractivity contribution >= 4 is 11.9 Å². The topological polar surface area (TPSA) is 38.7 Å². The van der Waals surface area contributed by atoms with Gasteiger partial charge in [-0.25, -0.2) is 9.79 Å². The highest BCUT2D eigenvalue weighted by molar-refractivity contribution is 6.11. The van der Waals surface area contributed by atoms with Crippen LogP contribution in [0.25, 0.3) is 0 Å². The summed E-state index contributed by atoms with van der Waals surface area (Å²) >= 11 is 0. The van der Waals surface area contributed by atoms with Gasteiger partial charge in [0.25, 0.3) is 0 Å². The van der Waals surface area contributed by atoms with Crippen molar-refractivity contribution < 1.29 is 9.53 Å².